The van der Waals surface area contributed by atoms with Crippen LogP contribution in [0.5, 0.6) is 0 Å². The van der Waals surface area contributed by atoms with Crippen molar-refractivity contribution in [3.05, 3.63) is 35.4 Å². The van der Waals surface area contributed by atoms with E-state index in [1.54, 1.807) is 11.2 Å². The molecule has 2 heterocycles. The Labute approximate surface area is 80.6 Å². The zero-order valence-corrected chi connectivity index (χ0v) is 7.34. The Hall–Kier alpha value is -1.97. The zero-order chi connectivity index (χ0) is 9.54. The Morgan fingerprint density at radius 3 is 3.07 bits per heavy atom. The quantitative estimate of drug-likeness (QED) is 0.594. The summed E-state index contributed by atoms with van der Waals surface area (Å²) >= 11 is 0. The molecule has 14 heavy (non-hydrogen) atoms. The predicted molar refractivity (Wildman–Crippen MR) is 52.3 cm³/mol. The Balaban J connectivity index is 2.23. The second-order valence-corrected chi connectivity index (χ2v) is 3.22. The average molecular weight is 185 g/mol. The van der Waals surface area contributed by atoms with Gasteiger partial charge >= 0.3 is 0 Å². The minimum absolute atomic E-state index is 0.131. The molecule has 1 amide bonds. The molecule has 4 heteroatoms. The van der Waals surface area contributed by atoms with E-state index in [0.29, 0.717) is 5.84 Å². The van der Waals surface area contributed by atoms with Gasteiger partial charge < -0.3 is 0 Å². The van der Waals surface area contributed by atoms with Crippen LogP contribution in [-0.2, 0) is 4.79 Å². The van der Waals surface area contributed by atoms with E-state index >= 15 is 0 Å². The first-order chi connectivity index (χ1) is 6.84. The number of amides is 1. The number of hydrogen-bond acceptors (Lipinski definition) is 3. The monoisotopic (exact) mass is 185 g/mol. The van der Waals surface area contributed by atoms with E-state index in [-0.39, 0.29) is 12.5 Å². The maximum absolute atomic E-state index is 11.1. The van der Waals surface area contributed by atoms with E-state index in [4.69, 9.17) is 0 Å². The van der Waals surface area contributed by atoms with Crippen molar-refractivity contribution in [2.75, 3.05) is 6.54 Å². The first kappa shape index (κ1) is 7.44. The molecule has 4 nitrogen and oxygen atoms in total. The zero-order valence-electron chi connectivity index (χ0n) is 7.34. The van der Waals surface area contributed by atoms with Crippen LogP contribution in [0, 0.1) is 0 Å². The first-order valence-corrected chi connectivity index (χ1v) is 4.37. The molecule has 1 aromatic rings. The number of fused-ring (bicyclic) bond motifs is 3. The maximum atomic E-state index is 11.1. The van der Waals surface area contributed by atoms with Crippen LogP contribution in [0.25, 0.3) is 0 Å². The van der Waals surface area contributed by atoms with Gasteiger partial charge in [-0.2, -0.15) is 10.1 Å². The van der Waals surface area contributed by atoms with Gasteiger partial charge in [0.1, 0.15) is 6.54 Å². The Morgan fingerprint density at radius 1 is 1.29 bits per heavy atom. The minimum Gasteiger partial charge on any atom is -0.270 e. The molecule has 0 spiro atoms. The molecule has 2 aliphatic rings. The highest BCUT2D eigenvalue weighted by Crippen LogP contribution is 2.19. The van der Waals surface area contributed by atoms with Gasteiger partial charge in [-0.1, -0.05) is 24.3 Å². The SMILES string of the molecule is O=C1CN2N=Cc3ccccc3C2=N1. The number of benzene rings is 1. The number of amidine groups is 1. The topological polar surface area (TPSA) is 45.0 Å². The van der Waals surface area contributed by atoms with Crippen LogP contribution in [0.2, 0.25) is 0 Å². The summed E-state index contributed by atoms with van der Waals surface area (Å²) in [5.41, 5.74) is 1.99. The van der Waals surface area contributed by atoms with Crippen molar-refractivity contribution < 1.29 is 4.79 Å². The fourth-order valence-electron chi connectivity index (χ4n) is 1.65. The number of hydrazone groups is 1. The third-order valence-corrected chi connectivity index (χ3v) is 2.30. The van der Waals surface area contributed by atoms with Crippen LogP contribution in [0.15, 0.2) is 34.4 Å². The summed E-state index contributed by atoms with van der Waals surface area (Å²) in [7, 11) is 0. The van der Waals surface area contributed by atoms with Gasteiger partial charge in [-0.05, 0) is 0 Å². The van der Waals surface area contributed by atoms with E-state index in [0.717, 1.165) is 11.1 Å². The van der Waals surface area contributed by atoms with Crippen LogP contribution in [0.1, 0.15) is 11.1 Å². The average Bonchev–Trinajstić information content (AvgIpc) is 2.59. The van der Waals surface area contributed by atoms with Gasteiger partial charge in [-0.3, -0.25) is 4.79 Å². The molecule has 0 radical (unpaired) electrons. The van der Waals surface area contributed by atoms with Gasteiger partial charge in [-0.25, -0.2) is 5.01 Å². The van der Waals surface area contributed by atoms with Gasteiger partial charge in [0.2, 0.25) is 0 Å². The van der Waals surface area contributed by atoms with Crippen LogP contribution in [0.3, 0.4) is 0 Å². The van der Waals surface area contributed by atoms with E-state index in [1.165, 1.54) is 0 Å². The van der Waals surface area contributed by atoms with Crippen LogP contribution >= 0.6 is 0 Å². The normalized spacial score (nSPS) is 17.9. The van der Waals surface area contributed by atoms with Crippen LogP contribution < -0.4 is 0 Å². The summed E-state index contributed by atoms with van der Waals surface area (Å²) in [6.45, 7) is 0.264. The highest BCUT2D eigenvalue weighted by molar-refractivity contribution is 6.15. The molecule has 0 atom stereocenters. The number of hydrogen-bond donors (Lipinski definition) is 0. The maximum Gasteiger partial charge on any atom is 0.269 e. The second-order valence-electron chi connectivity index (χ2n) is 3.22. The lowest BCUT2D eigenvalue weighted by Crippen LogP contribution is -2.27. The molecule has 3 rings (SSSR count). The van der Waals surface area contributed by atoms with Gasteiger partial charge in [-0.15, -0.1) is 0 Å². The lowest BCUT2D eigenvalue weighted by Gasteiger charge is -2.18. The molecule has 0 saturated carbocycles. The lowest BCUT2D eigenvalue weighted by molar-refractivity contribution is -0.117. The highest BCUT2D eigenvalue weighted by Gasteiger charge is 2.27. The molecule has 68 valence electrons. The Bertz CT molecular complexity index is 476. The van der Waals surface area contributed by atoms with E-state index < -0.39 is 0 Å². The summed E-state index contributed by atoms with van der Waals surface area (Å²) in [5, 5.41) is 5.77. The Kier molecular flexibility index (Phi) is 1.33. The van der Waals surface area contributed by atoms with Crippen LogP contribution in [0.4, 0.5) is 0 Å². The summed E-state index contributed by atoms with van der Waals surface area (Å²) in [6, 6.07) is 7.78. The lowest BCUT2D eigenvalue weighted by atomic mass is 10.1. The van der Waals surface area contributed by atoms with Crippen molar-refractivity contribution in [1.29, 1.82) is 0 Å². The largest absolute Gasteiger partial charge is 0.270 e. The molecule has 2 aliphatic heterocycles. The summed E-state index contributed by atoms with van der Waals surface area (Å²) < 4.78 is 0. The van der Waals surface area contributed by atoms with E-state index in [2.05, 4.69) is 10.1 Å². The molecule has 0 N–H and O–H groups in total. The predicted octanol–water partition coefficient (Wildman–Crippen LogP) is 0.623. The molecule has 0 aliphatic carbocycles. The molecule has 0 unspecified atom stereocenters. The summed E-state index contributed by atoms with van der Waals surface area (Å²) in [6.07, 6.45) is 1.76. The van der Waals surface area contributed by atoms with Gasteiger partial charge in [0.15, 0.2) is 5.84 Å². The van der Waals surface area contributed by atoms with E-state index in [1.807, 2.05) is 24.3 Å². The van der Waals surface area contributed by atoms with Crippen molar-refractivity contribution in [2.24, 2.45) is 10.1 Å². The fraction of sp³-hybridized carbons (Fsp3) is 0.100. The standard InChI is InChI=1S/C10H7N3O/c14-9-6-13-10(12-9)8-4-2-1-3-7(8)5-11-13/h1-5H,6H2. The third-order valence-electron chi connectivity index (χ3n) is 2.30. The van der Waals surface area contributed by atoms with Crippen molar-refractivity contribution in [2.45, 2.75) is 0 Å². The van der Waals surface area contributed by atoms with Gasteiger partial charge in [0.25, 0.3) is 5.91 Å². The summed E-state index contributed by atoms with van der Waals surface area (Å²) in [4.78, 5) is 15.1. The Morgan fingerprint density at radius 2 is 2.14 bits per heavy atom. The fourth-order valence-corrected chi connectivity index (χ4v) is 1.65. The molecular weight excluding hydrogens is 178 g/mol. The molecule has 1 aromatic carbocycles. The third kappa shape index (κ3) is 0.907. The first-order valence-electron chi connectivity index (χ1n) is 4.37. The number of carbonyl (C=O) groups is 1. The summed E-state index contributed by atoms with van der Waals surface area (Å²) in [5.74, 6) is 0.543. The minimum atomic E-state index is -0.131. The number of aliphatic imine (C=N–C) groups is 1. The molecule has 0 saturated heterocycles. The van der Waals surface area contributed by atoms with E-state index in [9.17, 15) is 4.79 Å². The van der Waals surface area contributed by atoms with Crippen molar-refractivity contribution >= 4 is 18.0 Å². The van der Waals surface area contributed by atoms with Crippen molar-refractivity contribution in [3.8, 4) is 0 Å². The second kappa shape index (κ2) is 2.51. The van der Waals surface area contributed by atoms with Gasteiger partial charge in [0.05, 0.1) is 6.21 Å². The smallest absolute Gasteiger partial charge is 0.269 e. The number of carbonyl (C=O) groups excluding carboxylic acids is 1. The van der Waals surface area contributed by atoms with Gasteiger partial charge in [0, 0.05) is 11.1 Å². The number of rotatable bonds is 0. The van der Waals surface area contributed by atoms with Crippen molar-refractivity contribution in [1.82, 2.24) is 5.01 Å². The molecule has 0 aromatic heterocycles. The van der Waals surface area contributed by atoms with Crippen LogP contribution in [-0.4, -0.2) is 29.5 Å². The number of nitrogens with zero attached hydrogens (tertiary/aromatic N) is 3. The molecular formula is C10H7N3O. The van der Waals surface area contributed by atoms with Crippen molar-refractivity contribution in [3.63, 3.8) is 0 Å². The highest BCUT2D eigenvalue weighted by atomic mass is 16.2. The molecule has 0 bridgehead atoms. The molecule has 0 fully saturated rings.